The molecular weight excluding hydrogens is 188 g/mol. The molecule has 0 aliphatic rings. The number of hydrogen-bond acceptors (Lipinski definition) is 1. The maximum absolute atomic E-state index is 12.7. The third-order valence-electron chi connectivity index (χ3n) is 1.38. The second kappa shape index (κ2) is 3.04. The van der Waals surface area contributed by atoms with E-state index < -0.39 is 34.7 Å². The lowest BCUT2D eigenvalue weighted by Gasteiger charge is -2.03. The molecule has 1 aromatic carbocycles. The van der Waals surface area contributed by atoms with Crippen molar-refractivity contribution in [2.45, 2.75) is 0 Å². The number of nitrogens with one attached hydrogen (secondary N) is 1. The quantitative estimate of drug-likeness (QED) is 0.301. The summed E-state index contributed by atoms with van der Waals surface area (Å²) in [6, 6.07) is 0.0527. The first-order chi connectivity index (χ1) is 5.95. The van der Waals surface area contributed by atoms with Gasteiger partial charge in [-0.1, -0.05) is 0 Å². The van der Waals surface area contributed by atoms with Crippen LogP contribution in [0.1, 0.15) is 5.56 Å². The average Bonchev–Trinajstić information content (AvgIpc) is 2.01. The van der Waals surface area contributed by atoms with Crippen LogP contribution in [0.3, 0.4) is 0 Å². The molecule has 0 heterocycles. The largest absolute Gasteiger partial charge is 0.384 e. The summed E-state index contributed by atoms with van der Waals surface area (Å²) in [5.74, 6) is -7.54. The third-order valence-corrected chi connectivity index (χ3v) is 1.38. The Kier molecular flexibility index (Phi) is 2.22. The van der Waals surface area contributed by atoms with E-state index in [-0.39, 0.29) is 6.07 Å². The van der Waals surface area contributed by atoms with E-state index in [9.17, 15) is 17.6 Å². The molecule has 0 fully saturated rings. The zero-order chi connectivity index (χ0) is 10.2. The Hall–Kier alpha value is -1.59. The van der Waals surface area contributed by atoms with Crippen LogP contribution in [0.2, 0.25) is 0 Å². The van der Waals surface area contributed by atoms with Gasteiger partial charge in [0.15, 0.2) is 23.3 Å². The highest BCUT2D eigenvalue weighted by atomic mass is 19.2. The molecule has 0 aliphatic carbocycles. The summed E-state index contributed by atoms with van der Waals surface area (Å²) in [7, 11) is 0. The minimum atomic E-state index is -1.66. The highest BCUT2D eigenvalue weighted by Crippen LogP contribution is 2.18. The van der Waals surface area contributed by atoms with Crippen molar-refractivity contribution in [3.05, 3.63) is 34.9 Å². The first kappa shape index (κ1) is 9.50. The van der Waals surface area contributed by atoms with E-state index in [2.05, 4.69) is 0 Å². The number of rotatable bonds is 1. The second-order valence-corrected chi connectivity index (χ2v) is 2.26. The standard InChI is InChI=1S/C7H4F4N2/c8-2-1-3(9)6(11)4(5(2)10)7(12)13/h1H,(H3,12,13). The summed E-state index contributed by atoms with van der Waals surface area (Å²) in [6.07, 6.45) is 0. The normalized spacial score (nSPS) is 10.2. The molecule has 1 aromatic rings. The molecule has 0 amide bonds. The van der Waals surface area contributed by atoms with Crippen molar-refractivity contribution in [1.29, 1.82) is 5.41 Å². The molecule has 0 saturated heterocycles. The summed E-state index contributed by atoms with van der Waals surface area (Å²) in [6.45, 7) is 0. The van der Waals surface area contributed by atoms with Gasteiger partial charge in [0.2, 0.25) is 0 Å². The van der Waals surface area contributed by atoms with Crippen molar-refractivity contribution in [3.63, 3.8) is 0 Å². The zero-order valence-electron chi connectivity index (χ0n) is 6.17. The molecular formula is C7H4F4N2. The molecule has 0 aliphatic heterocycles. The Balaban J connectivity index is 3.56. The van der Waals surface area contributed by atoms with Gasteiger partial charge in [0, 0.05) is 6.07 Å². The summed E-state index contributed by atoms with van der Waals surface area (Å²) in [5, 5.41) is 6.67. The van der Waals surface area contributed by atoms with E-state index in [0.29, 0.717) is 0 Å². The van der Waals surface area contributed by atoms with Gasteiger partial charge in [-0.05, 0) is 0 Å². The van der Waals surface area contributed by atoms with E-state index in [1.807, 2.05) is 0 Å². The minimum Gasteiger partial charge on any atom is -0.384 e. The number of hydrogen-bond donors (Lipinski definition) is 2. The molecule has 0 atom stereocenters. The van der Waals surface area contributed by atoms with Gasteiger partial charge in [-0.15, -0.1) is 0 Å². The van der Waals surface area contributed by atoms with E-state index >= 15 is 0 Å². The Morgan fingerprint density at radius 2 is 1.46 bits per heavy atom. The van der Waals surface area contributed by atoms with Crippen molar-refractivity contribution in [2.75, 3.05) is 0 Å². The molecule has 3 N–H and O–H groups in total. The van der Waals surface area contributed by atoms with Gasteiger partial charge in [0.05, 0.1) is 5.56 Å². The molecule has 13 heavy (non-hydrogen) atoms. The fourth-order valence-electron chi connectivity index (χ4n) is 0.810. The van der Waals surface area contributed by atoms with Crippen molar-refractivity contribution in [3.8, 4) is 0 Å². The average molecular weight is 192 g/mol. The number of nitrogens with two attached hydrogens (primary N) is 1. The van der Waals surface area contributed by atoms with Gasteiger partial charge in [-0.2, -0.15) is 0 Å². The zero-order valence-corrected chi connectivity index (χ0v) is 6.17. The molecule has 0 aromatic heterocycles. The lowest BCUT2D eigenvalue weighted by Crippen LogP contribution is -2.17. The van der Waals surface area contributed by atoms with Gasteiger partial charge >= 0.3 is 0 Å². The molecule has 0 radical (unpaired) electrons. The topological polar surface area (TPSA) is 49.9 Å². The number of amidine groups is 1. The first-order valence-electron chi connectivity index (χ1n) is 3.12. The summed E-state index contributed by atoms with van der Waals surface area (Å²) >= 11 is 0. The maximum Gasteiger partial charge on any atom is 0.172 e. The maximum atomic E-state index is 12.7. The van der Waals surface area contributed by atoms with E-state index in [4.69, 9.17) is 11.1 Å². The molecule has 0 spiro atoms. The Morgan fingerprint density at radius 1 is 1.08 bits per heavy atom. The highest BCUT2D eigenvalue weighted by Gasteiger charge is 2.20. The molecule has 1 rings (SSSR count). The van der Waals surface area contributed by atoms with Crippen LogP contribution in [0.5, 0.6) is 0 Å². The summed E-state index contributed by atoms with van der Waals surface area (Å²) in [5.41, 5.74) is 3.54. The molecule has 2 nitrogen and oxygen atoms in total. The molecule has 0 unspecified atom stereocenters. The van der Waals surface area contributed by atoms with Crippen LogP contribution in [-0.4, -0.2) is 5.84 Å². The Bertz CT molecular complexity index is 349. The van der Waals surface area contributed by atoms with Crippen molar-refractivity contribution >= 4 is 5.84 Å². The fourth-order valence-corrected chi connectivity index (χ4v) is 0.810. The van der Waals surface area contributed by atoms with Crippen LogP contribution in [0.4, 0.5) is 17.6 Å². The predicted octanol–water partition coefficient (Wildman–Crippen LogP) is 1.53. The molecule has 70 valence electrons. The van der Waals surface area contributed by atoms with Gasteiger partial charge < -0.3 is 5.73 Å². The van der Waals surface area contributed by atoms with Crippen LogP contribution in [-0.2, 0) is 0 Å². The lowest BCUT2D eigenvalue weighted by atomic mass is 10.1. The van der Waals surface area contributed by atoms with E-state index in [1.54, 1.807) is 0 Å². The van der Waals surface area contributed by atoms with Crippen LogP contribution in [0, 0.1) is 28.7 Å². The smallest absolute Gasteiger partial charge is 0.172 e. The predicted molar refractivity (Wildman–Crippen MR) is 37.3 cm³/mol. The van der Waals surface area contributed by atoms with Crippen molar-refractivity contribution < 1.29 is 17.6 Å². The fraction of sp³-hybridized carbons (Fsp3) is 0. The van der Waals surface area contributed by atoms with Gasteiger partial charge in [-0.25, -0.2) is 17.6 Å². The van der Waals surface area contributed by atoms with Crippen LogP contribution in [0.25, 0.3) is 0 Å². The van der Waals surface area contributed by atoms with Gasteiger partial charge in [0.1, 0.15) is 5.84 Å². The molecule has 0 saturated carbocycles. The SMILES string of the molecule is N=C(N)c1c(F)c(F)cc(F)c1F. The molecule has 6 heteroatoms. The monoisotopic (exact) mass is 192 g/mol. The van der Waals surface area contributed by atoms with Gasteiger partial charge in [0.25, 0.3) is 0 Å². The summed E-state index contributed by atoms with van der Waals surface area (Å²) in [4.78, 5) is 0. The van der Waals surface area contributed by atoms with E-state index in [1.165, 1.54) is 0 Å². The third kappa shape index (κ3) is 1.47. The Labute approximate surface area is 70.5 Å². The lowest BCUT2D eigenvalue weighted by molar-refractivity contribution is 0.451. The number of benzene rings is 1. The number of halogens is 4. The first-order valence-corrected chi connectivity index (χ1v) is 3.12. The summed E-state index contributed by atoms with van der Waals surface area (Å²) < 4.78 is 50.3. The number of nitrogen functional groups attached to an aromatic ring is 1. The minimum absolute atomic E-state index is 0.0527. The second-order valence-electron chi connectivity index (χ2n) is 2.26. The van der Waals surface area contributed by atoms with Crippen LogP contribution >= 0.6 is 0 Å². The Morgan fingerprint density at radius 3 is 1.77 bits per heavy atom. The van der Waals surface area contributed by atoms with Crippen molar-refractivity contribution in [1.82, 2.24) is 0 Å². The van der Waals surface area contributed by atoms with Crippen molar-refractivity contribution in [2.24, 2.45) is 5.73 Å². The van der Waals surface area contributed by atoms with Gasteiger partial charge in [-0.3, -0.25) is 5.41 Å². The highest BCUT2D eigenvalue weighted by molar-refractivity contribution is 5.95. The molecule has 0 bridgehead atoms. The van der Waals surface area contributed by atoms with Crippen LogP contribution in [0.15, 0.2) is 6.07 Å². The van der Waals surface area contributed by atoms with Crippen LogP contribution < -0.4 is 5.73 Å². The van der Waals surface area contributed by atoms with E-state index in [0.717, 1.165) is 0 Å².